The number of hydrogen-bond acceptors (Lipinski definition) is 3. The van der Waals surface area contributed by atoms with Crippen molar-refractivity contribution >= 4 is 11.8 Å². The van der Waals surface area contributed by atoms with Crippen molar-refractivity contribution in [3.05, 3.63) is 12.3 Å². The molecule has 2 unspecified atom stereocenters. The highest BCUT2D eigenvalue weighted by molar-refractivity contribution is 6.08. The van der Waals surface area contributed by atoms with E-state index < -0.39 is 17.4 Å². The number of ketones is 1. The van der Waals surface area contributed by atoms with Crippen LogP contribution in [0.1, 0.15) is 13.8 Å². The van der Waals surface area contributed by atoms with Crippen LogP contribution in [0.25, 0.3) is 0 Å². The maximum Gasteiger partial charge on any atom is 0.355 e. The summed E-state index contributed by atoms with van der Waals surface area (Å²) in [5.74, 6) is -2.05. The molecule has 12 heavy (non-hydrogen) atoms. The number of aliphatic carboxylic acids is 1. The van der Waals surface area contributed by atoms with Gasteiger partial charge in [-0.2, -0.15) is 0 Å². The number of hydrogen-bond donors (Lipinski definition) is 1. The van der Waals surface area contributed by atoms with Crippen molar-refractivity contribution in [1.82, 2.24) is 0 Å². The summed E-state index contributed by atoms with van der Waals surface area (Å²) in [5, 5.41) is 8.71. The summed E-state index contributed by atoms with van der Waals surface area (Å²) < 4.78 is 4.78. The fourth-order valence-electron chi connectivity index (χ4n) is 1.03. The first-order valence-electron chi connectivity index (χ1n) is 3.60. The number of ether oxygens (including phenoxy) is 1. The van der Waals surface area contributed by atoms with Crippen LogP contribution in [0.15, 0.2) is 12.3 Å². The molecule has 1 N–H and O–H groups in total. The molecule has 0 fully saturated rings. The van der Waals surface area contributed by atoms with Gasteiger partial charge in [0.25, 0.3) is 5.60 Å². The minimum atomic E-state index is -1.70. The van der Waals surface area contributed by atoms with E-state index in [4.69, 9.17) is 9.84 Å². The topological polar surface area (TPSA) is 63.6 Å². The summed E-state index contributed by atoms with van der Waals surface area (Å²) in [7, 11) is 0. The molecule has 2 atom stereocenters. The van der Waals surface area contributed by atoms with E-state index in [-0.39, 0.29) is 5.92 Å². The van der Waals surface area contributed by atoms with Gasteiger partial charge in [0.15, 0.2) is 5.78 Å². The molecule has 0 bridgehead atoms. The fourth-order valence-corrected chi connectivity index (χ4v) is 1.03. The van der Waals surface area contributed by atoms with Gasteiger partial charge in [-0.25, -0.2) is 4.79 Å². The molecule has 0 aliphatic carbocycles. The lowest BCUT2D eigenvalue weighted by molar-refractivity contribution is -0.166. The average Bonchev–Trinajstić information content (AvgIpc) is 2.00. The van der Waals surface area contributed by atoms with Gasteiger partial charge in [0.2, 0.25) is 0 Å². The molecule has 1 aliphatic heterocycles. The molecule has 0 amide bonds. The van der Waals surface area contributed by atoms with Crippen LogP contribution in [0.5, 0.6) is 0 Å². The largest absolute Gasteiger partial charge is 0.478 e. The second-order valence-electron chi connectivity index (χ2n) is 2.94. The van der Waals surface area contributed by atoms with Crippen molar-refractivity contribution < 1.29 is 19.4 Å². The molecule has 0 aromatic carbocycles. The lowest BCUT2D eigenvalue weighted by Gasteiger charge is -2.28. The summed E-state index contributed by atoms with van der Waals surface area (Å²) in [4.78, 5) is 22.0. The van der Waals surface area contributed by atoms with Crippen LogP contribution in [-0.2, 0) is 14.3 Å². The smallest absolute Gasteiger partial charge is 0.355 e. The number of rotatable bonds is 1. The van der Waals surface area contributed by atoms with Crippen molar-refractivity contribution in [2.45, 2.75) is 19.4 Å². The number of carboxylic acid groups (broad SMARTS) is 1. The van der Waals surface area contributed by atoms with E-state index in [0.29, 0.717) is 0 Å². The zero-order chi connectivity index (χ0) is 9.35. The van der Waals surface area contributed by atoms with Crippen molar-refractivity contribution in [3.8, 4) is 0 Å². The summed E-state index contributed by atoms with van der Waals surface area (Å²) in [5.41, 5.74) is -1.70. The molecule has 1 rings (SSSR count). The molecule has 0 aromatic rings. The molecule has 0 spiro atoms. The van der Waals surface area contributed by atoms with Gasteiger partial charge >= 0.3 is 5.97 Å². The Labute approximate surface area is 69.8 Å². The number of allylic oxidation sites excluding steroid dienone is 1. The Kier molecular flexibility index (Phi) is 1.92. The minimum absolute atomic E-state index is 0.389. The number of carboxylic acids is 1. The first-order valence-corrected chi connectivity index (χ1v) is 3.60. The van der Waals surface area contributed by atoms with Crippen molar-refractivity contribution in [1.29, 1.82) is 0 Å². The third-order valence-corrected chi connectivity index (χ3v) is 1.96. The van der Waals surface area contributed by atoms with E-state index in [2.05, 4.69) is 0 Å². The molecule has 4 heteroatoms. The minimum Gasteiger partial charge on any atom is -0.478 e. The summed E-state index contributed by atoms with van der Waals surface area (Å²) in [6.45, 7) is 2.90. The lowest BCUT2D eigenvalue weighted by Crippen LogP contribution is -2.49. The van der Waals surface area contributed by atoms with E-state index in [1.807, 2.05) is 0 Å². The molecule has 66 valence electrons. The van der Waals surface area contributed by atoms with Crippen LogP contribution < -0.4 is 0 Å². The van der Waals surface area contributed by atoms with Crippen molar-refractivity contribution in [2.75, 3.05) is 0 Å². The lowest BCUT2D eigenvalue weighted by atomic mass is 9.89. The number of carbonyl (C=O) groups excluding carboxylic acids is 1. The monoisotopic (exact) mass is 170 g/mol. The van der Waals surface area contributed by atoms with Crippen LogP contribution in [0.3, 0.4) is 0 Å². The Morgan fingerprint density at radius 3 is 2.75 bits per heavy atom. The quantitative estimate of drug-likeness (QED) is 0.584. The van der Waals surface area contributed by atoms with Crippen molar-refractivity contribution in [3.63, 3.8) is 0 Å². The van der Waals surface area contributed by atoms with Crippen molar-refractivity contribution in [2.24, 2.45) is 5.92 Å². The molecule has 1 aliphatic rings. The highest BCUT2D eigenvalue weighted by atomic mass is 16.5. The van der Waals surface area contributed by atoms with Crippen LogP contribution in [0.2, 0.25) is 0 Å². The summed E-state index contributed by atoms with van der Waals surface area (Å²) in [6.07, 6.45) is 2.80. The van der Waals surface area contributed by atoms with Crippen LogP contribution in [0.4, 0.5) is 0 Å². The summed E-state index contributed by atoms with van der Waals surface area (Å²) >= 11 is 0. The van der Waals surface area contributed by atoms with Gasteiger partial charge in [-0.1, -0.05) is 6.92 Å². The van der Waals surface area contributed by atoms with E-state index in [9.17, 15) is 9.59 Å². The molecule has 0 saturated heterocycles. The predicted molar refractivity (Wildman–Crippen MR) is 40.4 cm³/mol. The van der Waals surface area contributed by atoms with Crippen LogP contribution >= 0.6 is 0 Å². The van der Waals surface area contributed by atoms with Crippen LogP contribution in [0, 0.1) is 5.92 Å². The number of Topliss-reactive ketones (excluding diaryl/α,β-unsaturated/α-hetero) is 1. The first kappa shape index (κ1) is 8.77. The maximum atomic E-state index is 11.3. The van der Waals surface area contributed by atoms with Gasteiger partial charge in [0, 0.05) is 5.92 Å². The molecule has 4 nitrogen and oxygen atoms in total. The van der Waals surface area contributed by atoms with Gasteiger partial charge in [-0.3, -0.25) is 4.79 Å². The Morgan fingerprint density at radius 1 is 1.75 bits per heavy atom. The van der Waals surface area contributed by atoms with Gasteiger partial charge in [0.05, 0.1) is 6.26 Å². The Bertz CT molecular complexity index is 256. The normalized spacial score (nSPS) is 34.5. The van der Waals surface area contributed by atoms with E-state index in [1.54, 1.807) is 6.92 Å². The van der Waals surface area contributed by atoms with Gasteiger partial charge in [-0.05, 0) is 13.0 Å². The average molecular weight is 170 g/mol. The first-order chi connectivity index (χ1) is 5.48. The third-order valence-electron chi connectivity index (χ3n) is 1.96. The Morgan fingerprint density at radius 2 is 2.33 bits per heavy atom. The van der Waals surface area contributed by atoms with Crippen LogP contribution in [-0.4, -0.2) is 22.5 Å². The summed E-state index contributed by atoms with van der Waals surface area (Å²) in [6, 6.07) is 0. The second kappa shape index (κ2) is 2.62. The Hall–Kier alpha value is -1.32. The molecule has 0 radical (unpaired) electrons. The van der Waals surface area contributed by atoms with Gasteiger partial charge in [-0.15, -0.1) is 0 Å². The predicted octanol–water partition coefficient (Wildman–Crippen LogP) is 0.579. The van der Waals surface area contributed by atoms with Gasteiger partial charge in [0.1, 0.15) is 0 Å². The van der Waals surface area contributed by atoms with E-state index >= 15 is 0 Å². The third kappa shape index (κ3) is 1.09. The maximum absolute atomic E-state index is 11.3. The molecule has 0 saturated carbocycles. The number of carbonyl (C=O) groups is 2. The fraction of sp³-hybridized carbons (Fsp3) is 0.500. The molecule has 1 heterocycles. The van der Waals surface area contributed by atoms with Gasteiger partial charge < -0.3 is 9.84 Å². The standard InChI is InChI=1S/C8H10O4/c1-5-3-4-12-8(2,6(5)9)7(10)11/h3-5H,1-2H3,(H,10,11). The second-order valence-corrected chi connectivity index (χ2v) is 2.94. The molecular formula is C8H10O4. The molecular weight excluding hydrogens is 160 g/mol. The SMILES string of the molecule is CC1C=COC(C)(C(=O)O)C1=O. The zero-order valence-electron chi connectivity index (χ0n) is 6.90. The molecule has 0 aromatic heterocycles. The van der Waals surface area contributed by atoms with E-state index in [0.717, 1.165) is 0 Å². The highest BCUT2D eigenvalue weighted by Gasteiger charge is 2.46. The Balaban J connectivity index is 3.01. The highest BCUT2D eigenvalue weighted by Crippen LogP contribution is 2.23. The zero-order valence-corrected chi connectivity index (χ0v) is 6.90. The van der Waals surface area contributed by atoms with E-state index in [1.165, 1.54) is 19.3 Å².